The largest absolute Gasteiger partial charge is 0.298 e. The quantitative estimate of drug-likeness (QED) is 0.528. The van der Waals surface area contributed by atoms with Crippen LogP contribution in [0, 0.1) is 0 Å². The molecule has 1 rings (SSSR count). The Morgan fingerprint density at radius 3 is 3.00 bits per heavy atom. The molecule has 0 N–H and O–H groups in total. The lowest BCUT2D eigenvalue weighted by Gasteiger charge is -2.14. The van der Waals surface area contributed by atoms with E-state index in [-0.39, 0.29) is 6.04 Å². The molecule has 1 fully saturated rings. The standard InChI is InChI=1S/C8H13NO/c1-3-4-7-8(10)5-6-9(7)2/h3,7H,1,4-6H2,2H3. The molecular weight excluding hydrogens is 126 g/mol. The van der Waals surface area contributed by atoms with Crippen molar-refractivity contribution in [1.82, 2.24) is 4.90 Å². The molecule has 0 spiro atoms. The maximum absolute atomic E-state index is 11.1. The lowest BCUT2D eigenvalue weighted by Crippen LogP contribution is -2.28. The van der Waals surface area contributed by atoms with Crippen LogP contribution in [0.2, 0.25) is 0 Å². The predicted octanol–water partition coefficient (Wildman–Crippen LogP) is 0.836. The Hall–Kier alpha value is -0.630. The first-order valence-electron chi connectivity index (χ1n) is 3.59. The monoisotopic (exact) mass is 139 g/mol. The zero-order chi connectivity index (χ0) is 7.56. The van der Waals surface area contributed by atoms with Crippen LogP contribution in [0.25, 0.3) is 0 Å². The van der Waals surface area contributed by atoms with Crippen molar-refractivity contribution in [1.29, 1.82) is 0 Å². The summed E-state index contributed by atoms with van der Waals surface area (Å²) in [5.41, 5.74) is 0. The number of carbonyl (C=O) groups excluding carboxylic acids is 1. The molecule has 0 aliphatic carbocycles. The predicted molar refractivity (Wildman–Crippen MR) is 40.9 cm³/mol. The fourth-order valence-corrected chi connectivity index (χ4v) is 1.32. The van der Waals surface area contributed by atoms with Crippen molar-refractivity contribution < 1.29 is 4.79 Å². The van der Waals surface area contributed by atoms with Gasteiger partial charge in [-0.3, -0.25) is 9.69 Å². The Labute approximate surface area is 61.5 Å². The van der Waals surface area contributed by atoms with Gasteiger partial charge in [-0.05, 0) is 13.5 Å². The number of rotatable bonds is 2. The highest BCUT2D eigenvalue weighted by molar-refractivity contribution is 5.86. The first-order chi connectivity index (χ1) is 4.75. The van der Waals surface area contributed by atoms with E-state index in [1.807, 2.05) is 13.1 Å². The van der Waals surface area contributed by atoms with E-state index in [4.69, 9.17) is 0 Å². The summed E-state index contributed by atoms with van der Waals surface area (Å²) < 4.78 is 0. The number of likely N-dealkylation sites (N-methyl/N-ethyl adjacent to an activating group) is 1. The zero-order valence-electron chi connectivity index (χ0n) is 6.34. The minimum Gasteiger partial charge on any atom is -0.298 e. The fourth-order valence-electron chi connectivity index (χ4n) is 1.32. The number of likely N-dealkylation sites (tertiary alicyclic amines) is 1. The summed E-state index contributed by atoms with van der Waals surface area (Å²) in [4.78, 5) is 13.2. The van der Waals surface area contributed by atoms with Crippen molar-refractivity contribution in [2.24, 2.45) is 0 Å². The molecule has 0 aromatic heterocycles. The van der Waals surface area contributed by atoms with Gasteiger partial charge in [0, 0.05) is 13.0 Å². The number of hydrogen-bond acceptors (Lipinski definition) is 2. The van der Waals surface area contributed by atoms with Crippen LogP contribution in [0.1, 0.15) is 12.8 Å². The lowest BCUT2D eigenvalue weighted by molar-refractivity contribution is -0.119. The van der Waals surface area contributed by atoms with E-state index in [0.717, 1.165) is 19.4 Å². The molecule has 2 nitrogen and oxygen atoms in total. The van der Waals surface area contributed by atoms with Gasteiger partial charge in [0.15, 0.2) is 5.78 Å². The van der Waals surface area contributed by atoms with Gasteiger partial charge in [-0.2, -0.15) is 0 Å². The second-order valence-electron chi connectivity index (χ2n) is 2.74. The summed E-state index contributed by atoms with van der Waals surface area (Å²) in [7, 11) is 1.99. The number of ketones is 1. The molecule has 1 heterocycles. The van der Waals surface area contributed by atoms with Crippen molar-refractivity contribution in [2.75, 3.05) is 13.6 Å². The van der Waals surface area contributed by atoms with Crippen LogP contribution in [-0.2, 0) is 4.79 Å². The summed E-state index contributed by atoms with van der Waals surface area (Å²) in [6, 6.07) is 0.123. The summed E-state index contributed by atoms with van der Waals surface area (Å²) >= 11 is 0. The number of Topliss-reactive ketones (excluding diaryl/α,β-unsaturated/α-hetero) is 1. The maximum Gasteiger partial charge on any atom is 0.151 e. The molecule has 1 aliphatic heterocycles. The second-order valence-corrected chi connectivity index (χ2v) is 2.74. The van der Waals surface area contributed by atoms with Crippen LogP contribution in [0.15, 0.2) is 12.7 Å². The van der Waals surface area contributed by atoms with E-state index in [1.165, 1.54) is 0 Å². The molecule has 0 amide bonds. The molecule has 1 saturated heterocycles. The topological polar surface area (TPSA) is 20.3 Å². The average Bonchev–Trinajstić information content (AvgIpc) is 2.20. The fraction of sp³-hybridized carbons (Fsp3) is 0.625. The van der Waals surface area contributed by atoms with Crippen LogP contribution in [0.4, 0.5) is 0 Å². The van der Waals surface area contributed by atoms with Gasteiger partial charge in [0.05, 0.1) is 6.04 Å². The maximum atomic E-state index is 11.1. The molecule has 0 saturated carbocycles. The van der Waals surface area contributed by atoms with Crippen LogP contribution in [-0.4, -0.2) is 30.3 Å². The van der Waals surface area contributed by atoms with E-state index in [0.29, 0.717) is 5.78 Å². The van der Waals surface area contributed by atoms with Crippen LogP contribution in [0.5, 0.6) is 0 Å². The van der Waals surface area contributed by atoms with Crippen molar-refractivity contribution in [3.8, 4) is 0 Å². The summed E-state index contributed by atoms with van der Waals surface area (Å²) in [5.74, 6) is 0.363. The van der Waals surface area contributed by atoms with Gasteiger partial charge in [-0.15, -0.1) is 6.58 Å². The van der Waals surface area contributed by atoms with Gasteiger partial charge in [0.25, 0.3) is 0 Å². The van der Waals surface area contributed by atoms with Crippen LogP contribution >= 0.6 is 0 Å². The minimum atomic E-state index is 0.123. The molecule has 0 aromatic carbocycles. The highest BCUT2D eigenvalue weighted by atomic mass is 16.1. The van der Waals surface area contributed by atoms with Crippen molar-refractivity contribution in [3.63, 3.8) is 0 Å². The second kappa shape index (κ2) is 2.97. The Bertz CT molecular complexity index is 153. The molecule has 2 heteroatoms. The van der Waals surface area contributed by atoms with Crippen molar-refractivity contribution >= 4 is 5.78 Å². The molecule has 0 radical (unpaired) electrons. The van der Waals surface area contributed by atoms with E-state index >= 15 is 0 Å². The van der Waals surface area contributed by atoms with Gasteiger partial charge < -0.3 is 0 Å². The molecule has 1 aliphatic rings. The molecule has 0 bridgehead atoms. The van der Waals surface area contributed by atoms with Crippen molar-refractivity contribution in [3.05, 3.63) is 12.7 Å². The lowest BCUT2D eigenvalue weighted by atomic mass is 10.1. The Morgan fingerprint density at radius 1 is 1.90 bits per heavy atom. The van der Waals surface area contributed by atoms with E-state index in [1.54, 1.807) is 0 Å². The Balaban J connectivity index is 2.53. The molecular formula is C8H13NO. The molecule has 10 heavy (non-hydrogen) atoms. The molecule has 0 aromatic rings. The van der Waals surface area contributed by atoms with Gasteiger partial charge in [-0.1, -0.05) is 6.08 Å². The highest BCUT2D eigenvalue weighted by Crippen LogP contribution is 2.13. The van der Waals surface area contributed by atoms with E-state index in [2.05, 4.69) is 11.5 Å². The molecule has 1 atom stereocenters. The number of hydrogen-bond donors (Lipinski definition) is 0. The van der Waals surface area contributed by atoms with Gasteiger partial charge in [0.1, 0.15) is 0 Å². The summed E-state index contributed by atoms with van der Waals surface area (Å²) in [6.07, 6.45) is 3.33. The van der Waals surface area contributed by atoms with Gasteiger partial charge in [-0.25, -0.2) is 0 Å². The summed E-state index contributed by atoms with van der Waals surface area (Å²) in [5, 5.41) is 0. The SMILES string of the molecule is C=CCC1C(=O)CCN1C. The summed E-state index contributed by atoms with van der Waals surface area (Å²) in [6.45, 7) is 4.53. The van der Waals surface area contributed by atoms with Gasteiger partial charge >= 0.3 is 0 Å². The number of nitrogens with zero attached hydrogens (tertiary/aromatic N) is 1. The molecule has 1 unspecified atom stereocenters. The average molecular weight is 139 g/mol. The van der Waals surface area contributed by atoms with Crippen molar-refractivity contribution in [2.45, 2.75) is 18.9 Å². The molecule has 56 valence electrons. The van der Waals surface area contributed by atoms with Crippen LogP contribution in [0.3, 0.4) is 0 Å². The van der Waals surface area contributed by atoms with Crippen LogP contribution < -0.4 is 0 Å². The smallest absolute Gasteiger partial charge is 0.151 e. The third-order valence-corrected chi connectivity index (χ3v) is 2.00. The first kappa shape index (κ1) is 7.48. The van der Waals surface area contributed by atoms with Gasteiger partial charge in [0.2, 0.25) is 0 Å². The first-order valence-corrected chi connectivity index (χ1v) is 3.59. The Morgan fingerprint density at radius 2 is 2.60 bits per heavy atom. The minimum absolute atomic E-state index is 0.123. The normalized spacial score (nSPS) is 27.3. The van der Waals surface area contributed by atoms with E-state index in [9.17, 15) is 4.79 Å². The van der Waals surface area contributed by atoms with E-state index < -0.39 is 0 Å². The zero-order valence-corrected chi connectivity index (χ0v) is 6.34. The third-order valence-electron chi connectivity index (χ3n) is 2.00. The number of carbonyl (C=O) groups is 1. The Kier molecular flexibility index (Phi) is 2.22. The highest BCUT2D eigenvalue weighted by Gasteiger charge is 2.27. The third kappa shape index (κ3) is 1.27.